The highest BCUT2D eigenvalue weighted by molar-refractivity contribution is 7.71. The lowest BCUT2D eigenvalue weighted by atomic mass is 10.5. The lowest BCUT2D eigenvalue weighted by Gasteiger charge is -1.79. The third kappa shape index (κ3) is 3.33. The predicted molar refractivity (Wildman–Crippen MR) is 29.3 cm³/mol. The molecule has 0 aliphatic rings. The summed E-state index contributed by atoms with van der Waals surface area (Å²) in [6.07, 6.45) is 0. The van der Waals surface area contributed by atoms with E-state index in [1.54, 1.807) is 0 Å². The maximum atomic E-state index is 9.74. The summed E-state index contributed by atoms with van der Waals surface area (Å²) >= 11 is 0. The van der Waals surface area contributed by atoms with Crippen molar-refractivity contribution in [1.82, 2.24) is 0 Å². The number of hydrogen-bond donors (Lipinski definition) is 2. The molecule has 0 spiro atoms. The van der Waals surface area contributed by atoms with E-state index in [4.69, 9.17) is 5.11 Å². The zero-order valence-corrected chi connectivity index (χ0v) is 4.97. The van der Waals surface area contributed by atoms with Crippen LogP contribution in [-0.2, 0) is 15.1 Å². The van der Waals surface area contributed by atoms with Gasteiger partial charge in [-0.15, -0.1) is 0 Å². The van der Waals surface area contributed by atoms with E-state index in [2.05, 4.69) is 5.73 Å². The van der Waals surface area contributed by atoms with Crippen molar-refractivity contribution in [2.45, 2.75) is 0 Å². The maximum absolute atomic E-state index is 9.74. The molecule has 50 valence electrons. The Morgan fingerprint density at radius 2 is 2.00 bits per heavy atom. The normalized spacial score (nSPS) is 7.56. The fraction of sp³-hybridized carbons (Fsp3) is 0. The second kappa shape index (κ2) is 2.91. The Morgan fingerprint density at radius 3 is 2.11 bits per heavy atom. The van der Waals surface area contributed by atoms with Gasteiger partial charge in [-0.2, -0.15) is 8.42 Å². The van der Waals surface area contributed by atoms with E-state index in [-0.39, 0.29) is 0 Å². The first-order valence-electron chi connectivity index (χ1n) is 1.75. The number of rotatable bonds is 1. The van der Waals surface area contributed by atoms with Crippen LogP contribution in [0.15, 0.2) is 5.70 Å². The van der Waals surface area contributed by atoms with Crippen molar-refractivity contribution in [1.29, 1.82) is 0 Å². The van der Waals surface area contributed by atoms with Crippen molar-refractivity contribution in [3.8, 4) is 0 Å². The van der Waals surface area contributed by atoms with Crippen molar-refractivity contribution in [2.24, 2.45) is 5.73 Å². The van der Waals surface area contributed by atoms with Gasteiger partial charge < -0.3 is 10.8 Å². The van der Waals surface area contributed by atoms with Gasteiger partial charge >= 0.3 is 5.97 Å². The van der Waals surface area contributed by atoms with Gasteiger partial charge in [0.2, 0.25) is 0 Å². The van der Waals surface area contributed by atoms with Crippen LogP contribution >= 0.6 is 0 Å². The van der Waals surface area contributed by atoms with E-state index in [1.807, 2.05) is 0 Å². The molecule has 0 aliphatic heterocycles. The molecule has 6 heteroatoms. The van der Waals surface area contributed by atoms with E-state index in [9.17, 15) is 13.2 Å². The standard InChI is InChI=1S/C3H3NO4S/c4-2(3(5)6)1-9(7)8/h4H2,(H,5,6). The molecule has 0 aromatic carbocycles. The van der Waals surface area contributed by atoms with Crippen LogP contribution in [0.2, 0.25) is 0 Å². The molecule has 0 aromatic heterocycles. The summed E-state index contributed by atoms with van der Waals surface area (Å²) in [5, 5.41) is 9.39. The van der Waals surface area contributed by atoms with Gasteiger partial charge in [0.1, 0.15) is 0 Å². The third-order valence-corrected chi connectivity index (χ3v) is 0.810. The summed E-state index contributed by atoms with van der Waals surface area (Å²) in [5.41, 5.74) is 3.81. The molecule has 0 bridgehead atoms. The van der Waals surface area contributed by atoms with Crippen LogP contribution in [0.25, 0.3) is 0 Å². The molecule has 0 radical (unpaired) electrons. The first-order valence-corrected chi connectivity index (χ1v) is 2.83. The van der Waals surface area contributed by atoms with E-state index in [0.29, 0.717) is 0 Å². The van der Waals surface area contributed by atoms with Gasteiger partial charge in [-0.05, 0) is 0 Å². The molecular formula is C3H3NO4S. The van der Waals surface area contributed by atoms with Crippen molar-refractivity contribution < 1.29 is 18.3 Å². The van der Waals surface area contributed by atoms with Gasteiger partial charge in [0.05, 0.1) is 0 Å². The van der Waals surface area contributed by atoms with Crippen LogP contribution in [0.1, 0.15) is 0 Å². The van der Waals surface area contributed by atoms with E-state index >= 15 is 0 Å². The van der Waals surface area contributed by atoms with Gasteiger partial charge in [0, 0.05) is 5.02 Å². The zero-order chi connectivity index (χ0) is 7.44. The van der Waals surface area contributed by atoms with Crippen LogP contribution in [0, 0.1) is 0 Å². The molecule has 0 aliphatic carbocycles. The highest BCUT2D eigenvalue weighted by atomic mass is 32.2. The molecule has 0 aromatic rings. The molecule has 0 unspecified atom stereocenters. The molecule has 0 amide bonds. The Hall–Kier alpha value is -1.26. The average Bonchev–Trinajstić information content (AvgIpc) is 1.63. The molecule has 0 atom stereocenters. The van der Waals surface area contributed by atoms with E-state index < -0.39 is 22.0 Å². The maximum Gasteiger partial charge on any atom is 0.361 e. The first kappa shape index (κ1) is 7.74. The Morgan fingerprint density at radius 1 is 1.56 bits per heavy atom. The van der Waals surface area contributed by atoms with Crippen LogP contribution in [0.3, 0.4) is 0 Å². The van der Waals surface area contributed by atoms with Gasteiger partial charge in [-0.3, -0.25) is 0 Å². The largest absolute Gasteiger partial charge is 0.476 e. The summed E-state index contributed by atoms with van der Waals surface area (Å²) in [7, 11) is -2.66. The lowest BCUT2D eigenvalue weighted by Crippen LogP contribution is -2.10. The molecule has 0 fully saturated rings. The topological polar surface area (TPSA) is 97.5 Å². The number of hydrogen-bond acceptors (Lipinski definition) is 4. The summed E-state index contributed by atoms with van der Waals surface area (Å²) in [6, 6.07) is 0. The molecule has 5 nitrogen and oxygen atoms in total. The zero-order valence-electron chi connectivity index (χ0n) is 4.16. The van der Waals surface area contributed by atoms with Crippen molar-refractivity contribution in [3.63, 3.8) is 0 Å². The minimum atomic E-state index is -2.66. The molecule has 0 saturated carbocycles. The molecule has 0 rings (SSSR count). The van der Waals surface area contributed by atoms with Crippen LogP contribution in [0.4, 0.5) is 0 Å². The Balaban J connectivity index is 5.02. The van der Waals surface area contributed by atoms with E-state index in [1.165, 1.54) is 5.02 Å². The molecule has 9 heavy (non-hydrogen) atoms. The van der Waals surface area contributed by atoms with Gasteiger partial charge in [0.15, 0.2) is 5.70 Å². The average molecular weight is 149 g/mol. The van der Waals surface area contributed by atoms with Crippen LogP contribution < -0.4 is 5.73 Å². The van der Waals surface area contributed by atoms with E-state index in [0.717, 1.165) is 0 Å². The summed E-state index contributed by atoms with van der Waals surface area (Å²) in [4.78, 5) is 9.74. The summed E-state index contributed by atoms with van der Waals surface area (Å²) in [6.45, 7) is 0. The lowest BCUT2D eigenvalue weighted by molar-refractivity contribution is -0.132. The Kier molecular flexibility index (Phi) is 2.50. The quantitative estimate of drug-likeness (QED) is 0.338. The second-order valence-electron chi connectivity index (χ2n) is 1.06. The Bertz CT molecular complexity index is 273. The second-order valence-corrected chi connectivity index (χ2v) is 1.73. The summed E-state index contributed by atoms with van der Waals surface area (Å²) < 4.78 is 19.3. The van der Waals surface area contributed by atoms with Gasteiger partial charge in [0.25, 0.3) is 10.3 Å². The molecule has 0 heterocycles. The smallest absolute Gasteiger partial charge is 0.361 e. The number of nitrogens with two attached hydrogens (primary N) is 1. The Labute approximate surface area is 51.9 Å². The third-order valence-electron chi connectivity index (χ3n) is 0.424. The fourth-order valence-corrected chi connectivity index (χ4v) is 0.400. The highest BCUT2D eigenvalue weighted by Crippen LogP contribution is 1.69. The molecular weight excluding hydrogens is 146 g/mol. The van der Waals surface area contributed by atoms with Gasteiger partial charge in [-0.25, -0.2) is 4.79 Å². The molecule has 3 N–H and O–H groups in total. The van der Waals surface area contributed by atoms with Crippen molar-refractivity contribution in [2.75, 3.05) is 0 Å². The first-order chi connectivity index (χ1) is 4.04. The predicted octanol–water partition coefficient (Wildman–Crippen LogP) is -1.81. The van der Waals surface area contributed by atoms with Gasteiger partial charge in [-0.1, -0.05) is 0 Å². The van der Waals surface area contributed by atoms with Crippen LogP contribution in [0.5, 0.6) is 0 Å². The minimum absolute atomic E-state index is 0.816. The van der Waals surface area contributed by atoms with Crippen LogP contribution in [-0.4, -0.2) is 24.5 Å². The number of carboxylic acid groups (broad SMARTS) is 1. The molecule has 0 saturated heterocycles. The SMILES string of the molecule is NC(=C=S(=O)=O)C(=O)O. The number of carbonyl (C=O) groups is 1. The summed E-state index contributed by atoms with van der Waals surface area (Å²) in [5.74, 6) is -1.50. The monoisotopic (exact) mass is 149 g/mol. The minimum Gasteiger partial charge on any atom is -0.476 e. The van der Waals surface area contributed by atoms with Crippen molar-refractivity contribution in [3.05, 3.63) is 5.70 Å². The van der Waals surface area contributed by atoms with Crippen molar-refractivity contribution >= 4 is 21.3 Å². The fourth-order valence-electron chi connectivity index (χ4n) is 0.133. The number of carboxylic acids is 1. The highest BCUT2D eigenvalue weighted by Gasteiger charge is 1.97. The number of aliphatic carboxylic acids is 1.